The van der Waals surface area contributed by atoms with E-state index in [1.165, 1.54) is 42.9 Å². The van der Waals surface area contributed by atoms with E-state index in [0.29, 0.717) is 6.54 Å². The van der Waals surface area contributed by atoms with Crippen molar-refractivity contribution in [2.75, 3.05) is 55.6 Å². The molecule has 2 aromatic carbocycles. The second kappa shape index (κ2) is 9.00. The molecule has 0 radical (unpaired) electrons. The summed E-state index contributed by atoms with van der Waals surface area (Å²) in [7, 11) is 0. The third-order valence-electron chi connectivity index (χ3n) is 5.79. The number of carbonyl (C=O) groups excluding carboxylic acids is 1. The Morgan fingerprint density at radius 2 is 1.32 bits per heavy atom. The minimum absolute atomic E-state index is 0.0555. The van der Waals surface area contributed by atoms with Gasteiger partial charge in [0, 0.05) is 57.2 Å². The third kappa shape index (κ3) is 4.58. The van der Waals surface area contributed by atoms with Crippen LogP contribution in [0.4, 0.5) is 16.2 Å². The lowest BCUT2D eigenvalue weighted by molar-refractivity contribution is 0.194. The molecule has 0 saturated carbocycles. The number of nitrogens with one attached hydrogen (secondary N) is 1. The van der Waals surface area contributed by atoms with E-state index in [0.717, 1.165) is 32.6 Å². The SMILES string of the molecule is O=C(NCCc1ccccc1)N1CCN(c2ccc(N3CCCC3)cc2)CC1. The van der Waals surface area contributed by atoms with E-state index in [1.54, 1.807) is 0 Å². The molecule has 28 heavy (non-hydrogen) atoms. The van der Waals surface area contributed by atoms with Gasteiger partial charge in [0.05, 0.1) is 0 Å². The molecule has 1 N–H and O–H groups in total. The molecule has 0 aromatic heterocycles. The zero-order chi connectivity index (χ0) is 19.2. The predicted molar refractivity (Wildman–Crippen MR) is 115 cm³/mol. The summed E-state index contributed by atoms with van der Waals surface area (Å²) in [6.07, 6.45) is 3.48. The van der Waals surface area contributed by atoms with Gasteiger partial charge in [0.2, 0.25) is 0 Å². The summed E-state index contributed by atoms with van der Waals surface area (Å²) >= 11 is 0. The molecular formula is C23H30N4O. The summed E-state index contributed by atoms with van der Waals surface area (Å²) in [5.41, 5.74) is 3.84. The lowest BCUT2D eigenvalue weighted by Gasteiger charge is -2.36. The maximum atomic E-state index is 12.4. The average molecular weight is 379 g/mol. The summed E-state index contributed by atoms with van der Waals surface area (Å²) in [6, 6.07) is 19.3. The number of hydrogen-bond donors (Lipinski definition) is 1. The molecule has 0 aliphatic carbocycles. The zero-order valence-electron chi connectivity index (χ0n) is 16.5. The Kier molecular flexibility index (Phi) is 6.00. The average Bonchev–Trinajstić information content (AvgIpc) is 3.30. The van der Waals surface area contributed by atoms with Crippen LogP contribution in [0.15, 0.2) is 54.6 Å². The number of hydrogen-bond acceptors (Lipinski definition) is 3. The molecule has 2 amide bonds. The van der Waals surface area contributed by atoms with Crippen molar-refractivity contribution >= 4 is 17.4 Å². The van der Waals surface area contributed by atoms with Crippen LogP contribution < -0.4 is 15.1 Å². The number of amides is 2. The van der Waals surface area contributed by atoms with Gasteiger partial charge in [-0.2, -0.15) is 0 Å². The van der Waals surface area contributed by atoms with Crippen LogP contribution in [-0.2, 0) is 6.42 Å². The Hall–Kier alpha value is -2.69. The molecule has 5 heteroatoms. The molecule has 0 spiro atoms. The van der Waals surface area contributed by atoms with Gasteiger partial charge in [0.15, 0.2) is 0 Å². The molecule has 2 saturated heterocycles. The molecule has 0 bridgehead atoms. The molecule has 0 atom stereocenters. The van der Waals surface area contributed by atoms with E-state index in [1.807, 2.05) is 23.1 Å². The zero-order valence-corrected chi connectivity index (χ0v) is 16.5. The van der Waals surface area contributed by atoms with Crippen LogP contribution in [0.5, 0.6) is 0 Å². The number of anilines is 2. The summed E-state index contributed by atoms with van der Waals surface area (Å²) < 4.78 is 0. The van der Waals surface area contributed by atoms with Crippen molar-refractivity contribution in [2.45, 2.75) is 19.3 Å². The second-order valence-corrected chi connectivity index (χ2v) is 7.65. The van der Waals surface area contributed by atoms with Gasteiger partial charge in [-0.05, 0) is 49.1 Å². The smallest absolute Gasteiger partial charge is 0.317 e. The van der Waals surface area contributed by atoms with Crippen molar-refractivity contribution in [1.82, 2.24) is 10.2 Å². The Morgan fingerprint density at radius 1 is 0.750 bits per heavy atom. The summed E-state index contributed by atoms with van der Waals surface area (Å²) in [6.45, 7) is 6.34. The first kappa shape index (κ1) is 18.7. The second-order valence-electron chi connectivity index (χ2n) is 7.65. The Bertz CT molecular complexity index is 748. The van der Waals surface area contributed by atoms with Gasteiger partial charge in [-0.3, -0.25) is 0 Å². The molecule has 148 valence electrons. The van der Waals surface area contributed by atoms with Crippen molar-refractivity contribution < 1.29 is 4.79 Å². The van der Waals surface area contributed by atoms with E-state index in [4.69, 9.17) is 0 Å². The van der Waals surface area contributed by atoms with Gasteiger partial charge in [-0.15, -0.1) is 0 Å². The number of carbonyl (C=O) groups is 1. The minimum Gasteiger partial charge on any atom is -0.372 e. The molecule has 2 aromatic rings. The maximum Gasteiger partial charge on any atom is 0.317 e. The number of nitrogens with zero attached hydrogens (tertiary/aromatic N) is 3. The fourth-order valence-electron chi connectivity index (χ4n) is 4.09. The fourth-order valence-corrected chi connectivity index (χ4v) is 4.09. The van der Waals surface area contributed by atoms with Crippen molar-refractivity contribution in [3.63, 3.8) is 0 Å². The number of rotatable bonds is 5. The van der Waals surface area contributed by atoms with Crippen molar-refractivity contribution in [1.29, 1.82) is 0 Å². The summed E-state index contributed by atoms with van der Waals surface area (Å²) in [4.78, 5) is 19.2. The molecular weight excluding hydrogens is 348 g/mol. The van der Waals surface area contributed by atoms with Crippen LogP contribution in [0, 0.1) is 0 Å². The molecule has 2 fully saturated rings. The van der Waals surface area contributed by atoms with Gasteiger partial charge in [-0.1, -0.05) is 30.3 Å². The van der Waals surface area contributed by atoms with Crippen LogP contribution >= 0.6 is 0 Å². The van der Waals surface area contributed by atoms with E-state index in [2.05, 4.69) is 51.5 Å². The Labute approximate surface area is 167 Å². The van der Waals surface area contributed by atoms with E-state index < -0.39 is 0 Å². The summed E-state index contributed by atoms with van der Waals surface area (Å²) in [5, 5.41) is 3.06. The molecule has 0 unspecified atom stereocenters. The molecule has 2 aliphatic heterocycles. The van der Waals surface area contributed by atoms with E-state index in [9.17, 15) is 4.79 Å². The van der Waals surface area contributed by atoms with Crippen LogP contribution in [0.2, 0.25) is 0 Å². The first-order valence-corrected chi connectivity index (χ1v) is 10.5. The highest BCUT2D eigenvalue weighted by Crippen LogP contribution is 2.24. The largest absolute Gasteiger partial charge is 0.372 e. The van der Waals surface area contributed by atoms with Gasteiger partial charge in [-0.25, -0.2) is 4.79 Å². The highest BCUT2D eigenvalue weighted by molar-refractivity contribution is 5.74. The molecule has 2 heterocycles. The van der Waals surface area contributed by atoms with Crippen molar-refractivity contribution in [3.8, 4) is 0 Å². The van der Waals surface area contributed by atoms with Gasteiger partial charge in [0.25, 0.3) is 0 Å². The first-order valence-electron chi connectivity index (χ1n) is 10.5. The highest BCUT2D eigenvalue weighted by Gasteiger charge is 2.21. The number of benzene rings is 2. The molecule has 5 nitrogen and oxygen atoms in total. The van der Waals surface area contributed by atoms with E-state index >= 15 is 0 Å². The molecule has 4 rings (SSSR count). The van der Waals surface area contributed by atoms with Gasteiger partial charge in [0.1, 0.15) is 0 Å². The lowest BCUT2D eigenvalue weighted by Crippen LogP contribution is -2.52. The Morgan fingerprint density at radius 3 is 1.93 bits per heavy atom. The highest BCUT2D eigenvalue weighted by atomic mass is 16.2. The maximum absolute atomic E-state index is 12.4. The standard InChI is InChI=1S/C23H30N4O/c28-23(24-13-12-20-6-2-1-3-7-20)27-18-16-26(17-19-27)22-10-8-21(9-11-22)25-14-4-5-15-25/h1-3,6-11H,4-5,12-19H2,(H,24,28). The predicted octanol–water partition coefficient (Wildman–Crippen LogP) is 3.36. The van der Waals surface area contributed by atoms with Crippen LogP contribution in [0.1, 0.15) is 18.4 Å². The summed E-state index contributed by atoms with van der Waals surface area (Å²) in [5.74, 6) is 0. The lowest BCUT2D eigenvalue weighted by atomic mass is 10.1. The third-order valence-corrected chi connectivity index (χ3v) is 5.79. The quantitative estimate of drug-likeness (QED) is 0.867. The normalized spacial score (nSPS) is 17.1. The monoisotopic (exact) mass is 378 g/mol. The van der Waals surface area contributed by atoms with Crippen molar-refractivity contribution in [3.05, 3.63) is 60.2 Å². The Balaban J connectivity index is 1.22. The first-order chi connectivity index (χ1) is 13.8. The fraction of sp³-hybridized carbons (Fsp3) is 0.435. The van der Waals surface area contributed by atoms with Crippen LogP contribution in [0.25, 0.3) is 0 Å². The topological polar surface area (TPSA) is 38.8 Å². The number of urea groups is 1. The van der Waals surface area contributed by atoms with Crippen molar-refractivity contribution in [2.24, 2.45) is 0 Å². The van der Waals surface area contributed by atoms with Crippen LogP contribution in [-0.4, -0.2) is 56.7 Å². The van der Waals surface area contributed by atoms with Gasteiger partial charge >= 0.3 is 6.03 Å². The van der Waals surface area contributed by atoms with Gasteiger partial charge < -0.3 is 20.0 Å². The molecule has 2 aliphatic rings. The number of piperazine rings is 1. The van der Waals surface area contributed by atoms with E-state index in [-0.39, 0.29) is 6.03 Å². The minimum atomic E-state index is 0.0555. The van der Waals surface area contributed by atoms with Crippen LogP contribution in [0.3, 0.4) is 0 Å².